The molecule has 0 unspecified atom stereocenters. The van der Waals surface area contributed by atoms with E-state index in [1.54, 1.807) is 19.0 Å². The number of benzene rings is 3. The van der Waals surface area contributed by atoms with Gasteiger partial charge in [0.2, 0.25) is 0 Å². The van der Waals surface area contributed by atoms with Gasteiger partial charge in [-0.15, -0.1) is 0 Å². The zero-order valence-corrected chi connectivity index (χ0v) is 18.5. The molecule has 0 aliphatic carbocycles. The molecule has 1 heterocycles. The molecule has 0 spiro atoms. The lowest BCUT2D eigenvalue weighted by molar-refractivity contribution is -0.121. The Kier molecular flexibility index (Phi) is 5.39. The highest BCUT2D eigenvalue weighted by molar-refractivity contribution is 9.10. The number of nitrogens with zero attached hydrogens (tertiary/aromatic N) is 2. The highest BCUT2D eigenvalue weighted by Crippen LogP contribution is 2.29. The number of halogens is 1. The minimum atomic E-state index is -0.106. The fraction of sp³-hybridized carbons (Fsp3) is 0.130. The predicted molar refractivity (Wildman–Crippen MR) is 124 cm³/mol. The van der Waals surface area contributed by atoms with Crippen molar-refractivity contribution in [3.63, 3.8) is 0 Å². The molecule has 0 atom stereocenters. The normalized spacial score (nSPS) is 15.6. The van der Waals surface area contributed by atoms with Crippen molar-refractivity contribution in [2.24, 2.45) is 0 Å². The maximum Gasteiger partial charge on any atom is 0.276 e. The summed E-state index contributed by atoms with van der Waals surface area (Å²) in [6, 6.07) is 20.4. The van der Waals surface area contributed by atoms with E-state index >= 15 is 0 Å². The van der Waals surface area contributed by atoms with Gasteiger partial charge in [-0.25, -0.2) is 0 Å². The first-order valence-electron chi connectivity index (χ1n) is 9.11. The van der Waals surface area contributed by atoms with Crippen LogP contribution in [0.15, 0.2) is 70.8 Å². The Morgan fingerprint density at radius 1 is 1.00 bits per heavy atom. The van der Waals surface area contributed by atoms with Crippen molar-refractivity contribution in [2.45, 2.75) is 6.61 Å². The third-order valence-corrected chi connectivity index (χ3v) is 6.09. The van der Waals surface area contributed by atoms with Gasteiger partial charge in [0.05, 0.1) is 4.47 Å². The number of ether oxygens (including phenoxy) is 1. The van der Waals surface area contributed by atoms with Crippen LogP contribution in [0.1, 0.15) is 11.1 Å². The summed E-state index contributed by atoms with van der Waals surface area (Å²) in [5.41, 5.74) is 2.55. The van der Waals surface area contributed by atoms with Crippen LogP contribution in [-0.2, 0) is 11.4 Å². The van der Waals surface area contributed by atoms with Crippen LogP contribution in [0.4, 0.5) is 0 Å². The second-order valence-electron chi connectivity index (χ2n) is 6.90. The quantitative estimate of drug-likeness (QED) is 0.390. The maximum atomic E-state index is 12.3. The highest BCUT2D eigenvalue weighted by atomic mass is 79.9. The number of hydrogen-bond donors (Lipinski definition) is 0. The molecule has 1 fully saturated rings. The number of fused-ring (bicyclic) bond motifs is 1. The average molecular weight is 467 g/mol. The number of hydrogen-bond acceptors (Lipinski definition) is 3. The Morgan fingerprint density at radius 3 is 2.45 bits per heavy atom. The van der Waals surface area contributed by atoms with Crippen molar-refractivity contribution in [3.8, 4) is 5.75 Å². The van der Waals surface area contributed by atoms with Crippen molar-refractivity contribution in [3.05, 3.63) is 82.0 Å². The molecule has 1 amide bonds. The number of carbonyl (C=O) groups is 1. The Bertz CT molecular complexity index is 1160. The predicted octanol–water partition coefficient (Wildman–Crippen LogP) is 5.21. The zero-order chi connectivity index (χ0) is 20.5. The molecule has 3 aromatic carbocycles. The van der Waals surface area contributed by atoms with Crippen LogP contribution in [0.25, 0.3) is 16.8 Å². The van der Waals surface area contributed by atoms with Crippen LogP contribution >= 0.6 is 28.1 Å². The maximum absolute atomic E-state index is 12.3. The van der Waals surface area contributed by atoms with E-state index in [2.05, 4.69) is 46.3 Å². The number of thiocarbonyl (C=S) groups is 1. The summed E-state index contributed by atoms with van der Waals surface area (Å²) in [5.74, 6) is 0.643. The summed E-state index contributed by atoms with van der Waals surface area (Å²) in [4.78, 5) is 15.5. The van der Waals surface area contributed by atoms with E-state index in [-0.39, 0.29) is 5.91 Å². The molecule has 29 heavy (non-hydrogen) atoms. The summed E-state index contributed by atoms with van der Waals surface area (Å²) in [6.45, 7) is 0.476. The van der Waals surface area contributed by atoms with E-state index in [9.17, 15) is 4.79 Å². The van der Waals surface area contributed by atoms with Gasteiger partial charge in [0.15, 0.2) is 5.11 Å². The topological polar surface area (TPSA) is 32.8 Å². The molecule has 1 aliphatic rings. The van der Waals surface area contributed by atoms with Gasteiger partial charge in [0.25, 0.3) is 5.91 Å². The van der Waals surface area contributed by atoms with Gasteiger partial charge in [-0.05, 0) is 74.3 Å². The minimum absolute atomic E-state index is 0.106. The van der Waals surface area contributed by atoms with Gasteiger partial charge in [-0.1, -0.05) is 42.5 Å². The molecule has 1 saturated heterocycles. The van der Waals surface area contributed by atoms with Crippen molar-refractivity contribution in [2.75, 3.05) is 14.1 Å². The Balaban J connectivity index is 1.51. The standard InChI is InChI=1S/C23H19BrN2O2S/c1-25-20(22(27)26(2)23(25)29)13-15-8-10-21(19(24)12-15)28-14-16-7-9-17-5-3-4-6-18(17)11-16/h3-13H,14H2,1-2H3/b20-13-. The smallest absolute Gasteiger partial charge is 0.276 e. The van der Waals surface area contributed by atoms with Gasteiger partial charge in [-0.3, -0.25) is 9.69 Å². The molecule has 3 aromatic rings. The molecule has 6 heteroatoms. The van der Waals surface area contributed by atoms with E-state index in [4.69, 9.17) is 17.0 Å². The second kappa shape index (κ2) is 7.97. The number of amides is 1. The van der Waals surface area contributed by atoms with Crippen molar-refractivity contribution in [1.82, 2.24) is 9.80 Å². The molecular formula is C23H19BrN2O2S. The van der Waals surface area contributed by atoms with Crippen molar-refractivity contribution >= 4 is 56.0 Å². The number of carbonyl (C=O) groups excluding carboxylic acids is 1. The van der Waals surface area contributed by atoms with Gasteiger partial charge in [0, 0.05) is 14.1 Å². The third-order valence-electron chi connectivity index (χ3n) is 4.93. The van der Waals surface area contributed by atoms with E-state index in [0.717, 1.165) is 21.3 Å². The van der Waals surface area contributed by atoms with Gasteiger partial charge in [-0.2, -0.15) is 0 Å². The van der Waals surface area contributed by atoms with Crippen LogP contribution in [0.2, 0.25) is 0 Å². The van der Waals surface area contributed by atoms with Crippen LogP contribution in [0.3, 0.4) is 0 Å². The molecule has 0 N–H and O–H groups in total. The first kappa shape index (κ1) is 19.6. The molecule has 146 valence electrons. The highest BCUT2D eigenvalue weighted by Gasteiger charge is 2.32. The summed E-state index contributed by atoms with van der Waals surface area (Å²) in [7, 11) is 3.48. The van der Waals surface area contributed by atoms with E-state index < -0.39 is 0 Å². The van der Waals surface area contributed by atoms with E-state index in [0.29, 0.717) is 17.4 Å². The second-order valence-corrected chi connectivity index (χ2v) is 8.11. The number of rotatable bonds is 4. The van der Waals surface area contributed by atoms with Crippen LogP contribution in [0, 0.1) is 0 Å². The summed E-state index contributed by atoms with van der Waals surface area (Å²) < 4.78 is 6.83. The third kappa shape index (κ3) is 3.91. The lowest BCUT2D eigenvalue weighted by atomic mass is 10.1. The van der Waals surface area contributed by atoms with E-state index in [1.165, 1.54) is 15.7 Å². The molecule has 4 nitrogen and oxygen atoms in total. The first-order valence-corrected chi connectivity index (χ1v) is 10.3. The number of likely N-dealkylation sites (N-methyl/N-ethyl adjacent to an activating group) is 2. The molecule has 0 bridgehead atoms. The Hall–Kier alpha value is -2.70. The first-order chi connectivity index (χ1) is 13.9. The van der Waals surface area contributed by atoms with Gasteiger partial charge >= 0.3 is 0 Å². The Labute approximate surface area is 183 Å². The molecule has 0 aromatic heterocycles. The van der Waals surface area contributed by atoms with Crippen molar-refractivity contribution in [1.29, 1.82) is 0 Å². The molecular weight excluding hydrogens is 448 g/mol. The lowest BCUT2D eigenvalue weighted by Crippen LogP contribution is -2.26. The van der Waals surface area contributed by atoms with E-state index in [1.807, 2.05) is 36.4 Å². The van der Waals surface area contributed by atoms with Crippen molar-refractivity contribution < 1.29 is 9.53 Å². The zero-order valence-electron chi connectivity index (χ0n) is 16.1. The SMILES string of the molecule is CN1C(=O)/C(=C/c2ccc(OCc3ccc4ccccc4c3)c(Br)c2)N(C)C1=S. The molecule has 1 aliphatic heterocycles. The van der Waals surface area contributed by atoms with Gasteiger partial charge < -0.3 is 9.64 Å². The summed E-state index contributed by atoms with van der Waals surface area (Å²) in [5, 5.41) is 2.91. The fourth-order valence-electron chi connectivity index (χ4n) is 3.26. The summed E-state index contributed by atoms with van der Waals surface area (Å²) >= 11 is 8.83. The molecule has 4 rings (SSSR count). The minimum Gasteiger partial charge on any atom is -0.488 e. The van der Waals surface area contributed by atoms with Gasteiger partial charge in [0.1, 0.15) is 18.1 Å². The lowest BCUT2D eigenvalue weighted by Gasteiger charge is -2.12. The summed E-state index contributed by atoms with van der Waals surface area (Å²) in [6.07, 6.45) is 1.83. The van der Waals surface area contributed by atoms with Crippen LogP contribution in [-0.4, -0.2) is 34.9 Å². The average Bonchev–Trinajstić information content (AvgIpc) is 2.91. The monoisotopic (exact) mass is 466 g/mol. The molecule has 0 saturated carbocycles. The van der Waals surface area contributed by atoms with Crippen LogP contribution < -0.4 is 4.74 Å². The fourth-order valence-corrected chi connectivity index (χ4v) is 3.95. The van der Waals surface area contributed by atoms with Crippen LogP contribution in [0.5, 0.6) is 5.75 Å². The largest absolute Gasteiger partial charge is 0.488 e. The molecule has 0 radical (unpaired) electrons. The Morgan fingerprint density at radius 2 is 1.76 bits per heavy atom.